The monoisotopic (exact) mass is 771 g/mol. The fraction of sp³-hybridized carbons (Fsp3) is 0.776. The first kappa shape index (κ1) is 52.4. The maximum atomic E-state index is 12.7. The highest BCUT2D eigenvalue weighted by molar-refractivity contribution is 5.71. The maximum Gasteiger partial charge on any atom is 0.306 e. The molecule has 0 amide bonds. The van der Waals surface area contributed by atoms with Gasteiger partial charge in [-0.25, -0.2) is 0 Å². The van der Waals surface area contributed by atoms with Gasteiger partial charge in [0.15, 0.2) is 6.10 Å². The minimum atomic E-state index is -0.801. The van der Waals surface area contributed by atoms with E-state index in [-0.39, 0.29) is 37.5 Å². The Morgan fingerprint density at radius 1 is 0.382 bits per heavy atom. The smallest absolute Gasteiger partial charge is 0.306 e. The number of carbonyl (C=O) groups excluding carboxylic acids is 3. The van der Waals surface area contributed by atoms with Crippen molar-refractivity contribution in [1.82, 2.24) is 0 Å². The summed E-state index contributed by atoms with van der Waals surface area (Å²) in [7, 11) is 0. The Kier molecular flexibility index (Phi) is 42.0. The van der Waals surface area contributed by atoms with Gasteiger partial charge in [-0.15, -0.1) is 0 Å². The molecule has 0 heterocycles. The van der Waals surface area contributed by atoms with Gasteiger partial charge in [0, 0.05) is 19.3 Å². The van der Waals surface area contributed by atoms with Crippen molar-refractivity contribution in [2.24, 2.45) is 0 Å². The molecule has 0 fully saturated rings. The Labute approximate surface area is 339 Å². The minimum absolute atomic E-state index is 0.0967. The van der Waals surface area contributed by atoms with Gasteiger partial charge in [-0.2, -0.15) is 0 Å². The third-order valence-corrected chi connectivity index (χ3v) is 9.83. The molecule has 1 unspecified atom stereocenters. The predicted octanol–water partition coefficient (Wildman–Crippen LogP) is 14.8. The Bertz CT molecular complexity index is 980. The predicted molar refractivity (Wildman–Crippen MR) is 233 cm³/mol. The zero-order valence-corrected chi connectivity index (χ0v) is 36.2. The van der Waals surface area contributed by atoms with Crippen molar-refractivity contribution in [2.45, 2.75) is 232 Å². The molecular formula is C49H86O6. The molecule has 1 atom stereocenters. The first-order valence-electron chi connectivity index (χ1n) is 23.1. The second-order valence-electron chi connectivity index (χ2n) is 15.3. The lowest BCUT2D eigenvalue weighted by Crippen LogP contribution is -2.30. The first-order valence-corrected chi connectivity index (χ1v) is 23.1. The average molecular weight is 771 g/mol. The molecule has 0 saturated heterocycles. The van der Waals surface area contributed by atoms with Crippen LogP contribution in [0.15, 0.2) is 48.6 Å². The molecular weight excluding hydrogens is 685 g/mol. The van der Waals surface area contributed by atoms with Crippen LogP contribution in [0.25, 0.3) is 0 Å². The Balaban J connectivity index is 4.44. The highest BCUT2D eigenvalue weighted by Gasteiger charge is 2.19. The van der Waals surface area contributed by atoms with Crippen molar-refractivity contribution in [3.05, 3.63) is 48.6 Å². The number of hydrogen-bond donors (Lipinski definition) is 0. The van der Waals surface area contributed by atoms with Crippen LogP contribution < -0.4 is 0 Å². The van der Waals surface area contributed by atoms with Gasteiger partial charge in [0.1, 0.15) is 13.2 Å². The summed E-state index contributed by atoms with van der Waals surface area (Å²) < 4.78 is 16.6. The van der Waals surface area contributed by atoms with Gasteiger partial charge in [0.05, 0.1) is 0 Å². The van der Waals surface area contributed by atoms with Crippen LogP contribution in [-0.2, 0) is 28.6 Å². The molecule has 0 saturated carbocycles. The van der Waals surface area contributed by atoms with Crippen molar-refractivity contribution < 1.29 is 28.6 Å². The van der Waals surface area contributed by atoms with Gasteiger partial charge in [0.25, 0.3) is 0 Å². The van der Waals surface area contributed by atoms with Crippen LogP contribution in [0.2, 0.25) is 0 Å². The van der Waals surface area contributed by atoms with Gasteiger partial charge in [-0.3, -0.25) is 14.4 Å². The van der Waals surface area contributed by atoms with Crippen LogP contribution in [0.1, 0.15) is 226 Å². The molecule has 6 heteroatoms. The highest BCUT2D eigenvalue weighted by Crippen LogP contribution is 2.14. The molecule has 318 valence electrons. The van der Waals surface area contributed by atoms with Crippen LogP contribution in [0.3, 0.4) is 0 Å². The van der Waals surface area contributed by atoms with Gasteiger partial charge >= 0.3 is 17.9 Å². The standard InChI is InChI=1S/C49H86O6/c1-4-7-10-13-16-19-22-24-26-27-30-33-36-39-42-48(51)54-45-46(44-53-47(50)41-38-35-32-29-21-18-15-12-9-6-3)55-49(52)43-40-37-34-31-28-25-23-20-17-14-11-8-5-2/h7,10,16,19,25,28,34,37,46H,4-6,8-9,11-15,17-18,20-24,26-27,29-33,35-36,38-45H2,1-3H3/b10-7-,19-16-,28-25-,37-34-. The molecule has 0 spiro atoms. The van der Waals surface area contributed by atoms with E-state index in [1.165, 1.54) is 109 Å². The van der Waals surface area contributed by atoms with Crippen LogP contribution in [0.4, 0.5) is 0 Å². The normalized spacial score (nSPS) is 12.4. The Morgan fingerprint density at radius 3 is 1.16 bits per heavy atom. The lowest BCUT2D eigenvalue weighted by Gasteiger charge is -2.18. The summed E-state index contributed by atoms with van der Waals surface area (Å²) in [5, 5.41) is 0. The number of ether oxygens (including phenoxy) is 3. The largest absolute Gasteiger partial charge is 0.462 e. The lowest BCUT2D eigenvalue weighted by molar-refractivity contribution is -0.166. The van der Waals surface area contributed by atoms with Crippen molar-refractivity contribution in [3.8, 4) is 0 Å². The molecule has 0 aromatic heterocycles. The fourth-order valence-corrected chi connectivity index (χ4v) is 6.36. The summed E-state index contributed by atoms with van der Waals surface area (Å²) in [5.74, 6) is -0.975. The third kappa shape index (κ3) is 42.4. The Hall–Kier alpha value is -2.63. The summed E-state index contributed by atoms with van der Waals surface area (Å²) in [6.45, 7) is 6.45. The van der Waals surface area contributed by atoms with Crippen molar-refractivity contribution in [1.29, 1.82) is 0 Å². The molecule has 0 N–H and O–H groups in total. The van der Waals surface area contributed by atoms with Crippen LogP contribution in [0.5, 0.6) is 0 Å². The summed E-state index contributed by atoms with van der Waals surface area (Å²) in [6, 6.07) is 0. The third-order valence-electron chi connectivity index (χ3n) is 9.83. The van der Waals surface area contributed by atoms with E-state index in [0.717, 1.165) is 70.6 Å². The SMILES string of the molecule is CC/C=C\C/C=C\CCCCCCCCCC(=O)OCC(COC(=O)CCCCCCCCCCCC)OC(=O)CC/C=C\C/C=C\CCCCCCCC. The number of carbonyl (C=O) groups is 3. The first-order chi connectivity index (χ1) is 27.0. The lowest BCUT2D eigenvalue weighted by atomic mass is 10.1. The number of rotatable bonds is 41. The van der Waals surface area contributed by atoms with E-state index in [9.17, 15) is 14.4 Å². The van der Waals surface area contributed by atoms with Crippen molar-refractivity contribution >= 4 is 17.9 Å². The molecule has 55 heavy (non-hydrogen) atoms. The molecule has 0 aliphatic carbocycles. The van der Waals surface area contributed by atoms with E-state index in [2.05, 4.69) is 63.3 Å². The summed E-state index contributed by atoms with van der Waals surface area (Å²) in [6.07, 6.45) is 51.0. The van der Waals surface area contributed by atoms with Gasteiger partial charge in [-0.05, 0) is 64.2 Å². The van der Waals surface area contributed by atoms with E-state index >= 15 is 0 Å². The summed E-state index contributed by atoms with van der Waals surface area (Å²) in [5.41, 5.74) is 0. The summed E-state index contributed by atoms with van der Waals surface area (Å²) >= 11 is 0. The molecule has 0 aromatic rings. The zero-order valence-electron chi connectivity index (χ0n) is 36.2. The van der Waals surface area contributed by atoms with Crippen LogP contribution in [0, 0.1) is 0 Å². The molecule has 0 aromatic carbocycles. The number of unbranched alkanes of at least 4 members (excludes halogenated alkanes) is 22. The summed E-state index contributed by atoms with van der Waals surface area (Å²) in [4.78, 5) is 37.7. The maximum absolute atomic E-state index is 12.7. The minimum Gasteiger partial charge on any atom is -0.462 e. The average Bonchev–Trinajstić information content (AvgIpc) is 3.18. The topological polar surface area (TPSA) is 78.9 Å². The molecule has 0 rings (SSSR count). The van der Waals surface area contributed by atoms with E-state index in [1.54, 1.807) is 0 Å². The Morgan fingerprint density at radius 2 is 0.745 bits per heavy atom. The van der Waals surface area contributed by atoms with Gasteiger partial charge in [-0.1, -0.05) is 191 Å². The number of esters is 3. The van der Waals surface area contributed by atoms with E-state index in [4.69, 9.17) is 14.2 Å². The number of allylic oxidation sites excluding steroid dienone is 8. The molecule has 0 aliphatic heterocycles. The van der Waals surface area contributed by atoms with Crippen LogP contribution in [-0.4, -0.2) is 37.2 Å². The van der Waals surface area contributed by atoms with E-state index < -0.39 is 6.10 Å². The van der Waals surface area contributed by atoms with Crippen LogP contribution >= 0.6 is 0 Å². The van der Waals surface area contributed by atoms with Crippen molar-refractivity contribution in [3.63, 3.8) is 0 Å². The molecule has 0 radical (unpaired) electrons. The molecule has 0 aliphatic rings. The zero-order chi connectivity index (χ0) is 40.1. The quantitative estimate of drug-likeness (QED) is 0.0267. The second-order valence-corrected chi connectivity index (χ2v) is 15.3. The van der Waals surface area contributed by atoms with Crippen molar-refractivity contribution in [2.75, 3.05) is 13.2 Å². The van der Waals surface area contributed by atoms with Gasteiger partial charge < -0.3 is 14.2 Å². The van der Waals surface area contributed by atoms with Gasteiger partial charge in [0.2, 0.25) is 0 Å². The molecule has 0 bridgehead atoms. The fourth-order valence-electron chi connectivity index (χ4n) is 6.36. The second kappa shape index (κ2) is 44.1. The number of hydrogen-bond acceptors (Lipinski definition) is 6. The van der Waals surface area contributed by atoms with E-state index in [1.807, 2.05) is 6.08 Å². The molecule has 6 nitrogen and oxygen atoms in total. The van der Waals surface area contributed by atoms with E-state index in [0.29, 0.717) is 19.3 Å². The highest BCUT2D eigenvalue weighted by atomic mass is 16.6.